The number of carbonyl (C=O) groups excluding carboxylic acids is 1. The number of fused-ring (bicyclic) bond motifs is 1. The molecule has 2 aromatic heterocycles. The molecule has 32 heavy (non-hydrogen) atoms. The van der Waals surface area contributed by atoms with E-state index in [4.69, 9.17) is 0 Å². The molecule has 1 atom stereocenters. The number of hydrogen-bond acceptors (Lipinski definition) is 5. The average Bonchev–Trinajstić information content (AvgIpc) is 3.17. The second-order valence-electron chi connectivity index (χ2n) is 7.33. The van der Waals surface area contributed by atoms with Crippen molar-refractivity contribution in [2.45, 2.75) is 25.2 Å². The summed E-state index contributed by atoms with van der Waals surface area (Å²) >= 11 is 0. The van der Waals surface area contributed by atoms with Crippen molar-refractivity contribution in [3.05, 3.63) is 47.8 Å². The standard InChI is InChI=1S/C19H16F6N6O/c20-18(21,22)12-3-5-13(6-4-12)26-16(32)11-2-1-9-30(10-11)15-8-7-14-27-28-17(19(23,24)25)31(14)29-15/h3-8,11H,1-2,9-10H2,(H,26,32)/t11-/m1/s1. The molecule has 0 bridgehead atoms. The average molecular weight is 458 g/mol. The Kier molecular flexibility index (Phi) is 5.42. The molecule has 0 unspecified atom stereocenters. The maximum atomic E-state index is 13.1. The molecule has 4 rings (SSSR count). The van der Waals surface area contributed by atoms with E-state index in [2.05, 4.69) is 20.6 Å². The molecule has 0 spiro atoms. The highest BCUT2D eigenvalue weighted by Gasteiger charge is 2.38. The molecule has 3 aromatic rings. The summed E-state index contributed by atoms with van der Waals surface area (Å²) in [6.45, 7) is 0.667. The summed E-state index contributed by atoms with van der Waals surface area (Å²) in [5.74, 6) is -1.93. The highest BCUT2D eigenvalue weighted by atomic mass is 19.4. The van der Waals surface area contributed by atoms with Gasteiger partial charge in [0, 0.05) is 18.8 Å². The van der Waals surface area contributed by atoms with Crippen LogP contribution in [-0.4, -0.2) is 38.8 Å². The van der Waals surface area contributed by atoms with Gasteiger partial charge >= 0.3 is 12.4 Å². The largest absolute Gasteiger partial charge is 0.453 e. The van der Waals surface area contributed by atoms with Crippen molar-refractivity contribution in [2.24, 2.45) is 5.92 Å². The summed E-state index contributed by atoms with van der Waals surface area (Å²) in [4.78, 5) is 14.3. The monoisotopic (exact) mass is 458 g/mol. The molecule has 1 N–H and O–H groups in total. The van der Waals surface area contributed by atoms with Crippen molar-refractivity contribution < 1.29 is 31.1 Å². The number of alkyl halides is 6. The van der Waals surface area contributed by atoms with Gasteiger partial charge < -0.3 is 10.2 Å². The van der Waals surface area contributed by atoms with Crippen LogP contribution in [0.4, 0.5) is 37.8 Å². The maximum absolute atomic E-state index is 13.1. The Bertz CT molecular complexity index is 1120. The number of nitrogens with zero attached hydrogens (tertiary/aromatic N) is 5. The van der Waals surface area contributed by atoms with Crippen molar-refractivity contribution in [1.82, 2.24) is 19.8 Å². The molecule has 1 aliphatic heterocycles. The fraction of sp³-hybridized carbons (Fsp3) is 0.368. The third kappa shape index (κ3) is 4.46. The molecule has 1 saturated heterocycles. The van der Waals surface area contributed by atoms with Gasteiger partial charge in [0.05, 0.1) is 11.5 Å². The summed E-state index contributed by atoms with van der Waals surface area (Å²) in [5, 5.41) is 13.2. The minimum Gasteiger partial charge on any atom is -0.354 e. The lowest BCUT2D eigenvalue weighted by Crippen LogP contribution is -2.41. The zero-order valence-corrected chi connectivity index (χ0v) is 16.3. The fourth-order valence-corrected chi connectivity index (χ4v) is 3.51. The van der Waals surface area contributed by atoms with E-state index >= 15 is 0 Å². The van der Waals surface area contributed by atoms with Crippen LogP contribution in [0.3, 0.4) is 0 Å². The highest BCUT2D eigenvalue weighted by molar-refractivity contribution is 5.93. The Hall–Kier alpha value is -3.38. The Morgan fingerprint density at radius 3 is 2.34 bits per heavy atom. The van der Waals surface area contributed by atoms with Crippen LogP contribution in [0.5, 0.6) is 0 Å². The number of aromatic nitrogens is 4. The first-order valence-electron chi connectivity index (χ1n) is 9.55. The molecule has 0 aliphatic carbocycles. The first-order chi connectivity index (χ1) is 15.0. The van der Waals surface area contributed by atoms with Crippen molar-refractivity contribution in [3.8, 4) is 0 Å². The zero-order chi connectivity index (χ0) is 23.1. The van der Waals surface area contributed by atoms with E-state index in [-0.39, 0.29) is 23.7 Å². The number of anilines is 2. The normalized spacial score (nSPS) is 17.6. The van der Waals surface area contributed by atoms with Crippen molar-refractivity contribution in [2.75, 3.05) is 23.3 Å². The first kappa shape index (κ1) is 21.8. The molecular formula is C19H16F6N6O. The number of rotatable bonds is 3. The van der Waals surface area contributed by atoms with Gasteiger partial charge in [-0.25, -0.2) is 0 Å². The summed E-state index contributed by atoms with van der Waals surface area (Å²) in [5.41, 5.74) is -0.665. The number of piperidine rings is 1. The van der Waals surface area contributed by atoms with Gasteiger partial charge in [-0.05, 0) is 49.2 Å². The van der Waals surface area contributed by atoms with E-state index < -0.39 is 35.6 Å². The third-order valence-electron chi connectivity index (χ3n) is 5.10. The van der Waals surface area contributed by atoms with Gasteiger partial charge in [0.25, 0.3) is 5.82 Å². The van der Waals surface area contributed by atoms with Gasteiger partial charge in [0.2, 0.25) is 5.91 Å². The number of carbonyl (C=O) groups is 1. The predicted molar refractivity (Wildman–Crippen MR) is 101 cm³/mol. The molecule has 0 saturated carbocycles. The lowest BCUT2D eigenvalue weighted by Gasteiger charge is -2.32. The summed E-state index contributed by atoms with van der Waals surface area (Å²) in [6.07, 6.45) is -8.10. The fourth-order valence-electron chi connectivity index (χ4n) is 3.51. The number of halogens is 6. The van der Waals surface area contributed by atoms with E-state index in [0.29, 0.717) is 23.9 Å². The minimum atomic E-state index is -4.73. The number of benzene rings is 1. The van der Waals surface area contributed by atoms with Gasteiger partial charge in [-0.1, -0.05) is 0 Å². The van der Waals surface area contributed by atoms with Gasteiger partial charge in [-0.2, -0.15) is 30.9 Å². The first-order valence-corrected chi connectivity index (χ1v) is 9.55. The van der Waals surface area contributed by atoms with Crippen LogP contribution >= 0.6 is 0 Å². The van der Waals surface area contributed by atoms with Gasteiger partial charge in [-0.3, -0.25) is 4.79 Å². The Balaban J connectivity index is 1.48. The second-order valence-corrected chi connectivity index (χ2v) is 7.33. The zero-order valence-electron chi connectivity index (χ0n) is 16.3. The minimum absolute atomic E-state index is 0.0605. The molecular weight excluding hydrogens is 442 g/mol. The maximum Gasteiger partial charge on any atom is 0.453 e. The SMILES string of the molecule is O=C(Nc1ccc(C(F)(F)F)cc1)[C@@H]1CCCN(c2ccc3nnc(C(F)(F)F)n3n2)C1. The van der Waals surface area contributed by atoms with Gasteiger partial charge in [-0.15, -0.1) is 15.3 Å². The summed E-state index contributed by atoms with van der Waals surface area (Å²) < 4.78 is 77.9. The van der Waals surface area contributed by atoms with Crippen LogP contribution in [-0.2, 0) is 17.1 Å². The third-order valence-corrected chi connectivity index (χ3v) is 5.10. The number of hydrogen-bond donors (Lipinski definition) is 1. The van der Waals surface area contributed by atoms with Crippen LogP contribution < -0.4 is 10.2 Å². The molecule has 7 nitrogen and oxygen atoms in total. The molecule has 13 heteroatoms. The van der Waals surface area contributed by atoms with Crippen molar-refractivity contribution in [1.29, 1.82) is 0 Å². The van der Waals surface area contributed by atoms with Crippen LogP contribution in [0.25, 0.3) is 5.65 Å². The number of amides is 1. The predicted octanol–water partition coefficient (Wildman–Crippen LogP) is 4.02. The lowest BCUT2D eigenvalue weighted by atomic mass is 9.97. The number of nitrogens with one attached hydrogen (secondary N) is 1. The molecule has 3 heterocycles. The summed E-state index contributed by atoms with van der Waals surface area (Å²) in [6, 6.07) is 6.94. The quantitative estimate of drug-likeness (QED) is 0.601. The van der Waals surface area contributed by atoms with Gasteiger partial charge in [0.15, 0.2) is 5.65 Å². The summed E-state index contributed by atoms with van der Waals surface area (Å²) in [7, 11) is 0. The Labute approximate surface area is 177 Å². The molecule has 1 aliphatic rings. The van der Waals surface area contributed by atoms with Gasteiger partial charge in [0.1, 0.15) is 5.82 Å². The topological polar surface area (TPSA) is 75.4 Å². The molecule has 1 fully saturated rings. The van der Waals surface area contributed by atoms with Crippen molar-refractivity contribution in [3.63, 3.8) is 0 Å². The van der Waals surface area contributed by atoms with Crippen LogP contribution in [0.1, 0.15) is 24.2 Å². The van der Waals surface area contributed by atoms with Crippen LogP contribution in [0, 0.1) is 5.92 Å². The van der Waals surface area contributed by atoms with E-state index in [0.717, 1.165) is 12.1 Å². The Morgan fingerprint density at radius 1 is 0.969 bits per heavy atom. The van der Waals surface area contributed by atoms with Crippen molar-refractivity contribution >= 4 is 23.1 Å². The smallest absolute Gasteiger partial charge is 0.354 e. The highest BCUT2D eigenvalue weighted by Crippen LogP contribution is 2.31. The van der Waals surface area contributed by atoms with E-state index in [1.807, 2.05) is 0 Å². The van der Waals surface area contributed by atoms with E-state index in [9.17, 15) is 31.1 Å². The van der Waals surface area contributed by atoms with E-state index in [1.54, 1.807) is 4.90 Å². The van der Waals surface area contributed by atoms with Crippen LogP contribution in [0.15, 0.2) is 36.4 Å². The molecule has 1 aromatic carbocycles. The lowest BCUT2D eigenvalue weighted by molar-refractivity contribution is -0.146. The molecule has 1 amide bonds. The van der Waals surface area contributed by atoms with E-state index in [1.165, 1.54) is 24.3 Å². The second kappa shape index (κ2) is 7.95. The molecule has 0 radical (unpaired) electrons. The van der Waals surface area contributed by atoms with Crippen LogP contribution in [0.2, 0.25) is 0 Å². The Morgan fingerprint density at radius 2 is 1.69 bits per heavy atom. The molecule has 170 valence electrons.